The van der Waals surface area contributed by atoms with Gasteiger partial charge in [0.05, 0.1) is 0 Å². The van der Waals surface area contributed by atoms with Crippen LogP contribution in [0.1, 0.15) is 45.6 Å². The van der Waals surface area contributed by atoms with Crippen LogP contribution in [0.2, 0.25) is 5.02 Å². The lowest BCUT2D eigenvalue weighted by Crippen LogP contribution is -2.63. The van der Waals surface area contributed by atoms with E-state index in [1.165, 1.54) is 0 Å². The van der Waals surface area contributed by atoms with Gasteiger partial charge in [-0.1, -0.05) is 38.4 Å². The van der Waals surface area contributed by atoms with E-state index in [1.54, 1.807) is 12.1 Å². The number of halogens is 1. The minimum absolute atomic E-state index is 0.188. The quantitative estimate of drug-likeness (QED) is 0.791. The fraction of sp³-hybridized carbons (Fsp3) is 0.526. The number of hydrogen-bond donors (Lipinski definition) is 2. The molecule has 1 aromatic rings. The molecule has 2 aliphatic rings. The standard InChI is InChI=1S/C19H23ClN2O3/c1-11-5-6-12(7-13(11)20)21-14(23)17(2)8-18(3)10-19(4,9-17)16(25)22-15(18)24/h5-7H,8-10H2,1-4H3,(H,21,23)(H,22,24,25). The maximum absolute atomic E-state index is 13.0. The Morgan fingerprint density at radius 2 is 1.64 bits per heavy atom. The van der Waals surface area contributed by atoms with Crippen molar-refractivity contribution in [1.29, 1.82) is 0 Å². The molecule has 0 radical (unpaired) electrons. The summed E-state index contributed by atoms with van der Waals surface area (Å²) in [6.45, 7) is 7.39. The van der Waals surface area contributed by atoms with Crippen LogP contribution in [0.5, 0.6) is 0 Å². The van der Waals surface area contributed by atoms with Crippen molar-refractivity contribution in [3.63, 3.8) is 0 Å². The van der Waals surface area contributed by atoms with E-state index in [2.05, 4.69) is 10.6 Å². The minimum Gasteiger partial charge on any atom is -0.326 e. The highest BCUT2D eigenvalue weighted by Gasteiger charge is 2.60. The van der Waals surface area contributed by atoms with Crippen molar-refractivity contribution in [3.8, 4) is 0 Å². The first-order valence-corrected chi connectivity index (χ1v) is 8.79. The second-order valence-corrected chi connectivity index (χ2v) is 8.82. The monoisotopic (exact) mass is 362 g/mol. The summed E-state index contributed by atoms with van der Waals surface area (Å²) >= 11 is 6.13. The third-order valence-corrected chi connectivity index (χ3v) is 6.05. The molecule has 1 saturated carbocycles. The number of benzene rings is 1. The molecule has 3 rings (SSSR count). The summed E-state index contributed by atoms with van der Waals surface area (Å²) in [4.78, 5) is 37.7. The number of rotatable bonds is 2. The molecule has 2 atom stereocenters. The number of nitrogens with one attached hydrogen (secondary N) is 2. The Labute approximate surface area is 152 Å². The van der Waals surface area contributed by atoms with Crippen molar-refractivity contribution >= 4 is 35.0 Å². The predicted octanol–water partition coefficient (Wildman–Crippen LogP) is 3.45. The molecular weight excluding hydrogens is 340 g/mol. The van der Waals surface area contributed by atoms with Gasteiger partial charge in [0, 0.05) is 27.0 Å². The van der Waals surface area contributed by atoms with Crippen molar-refractivity contribution in [1.82, 2.24) is 5.32 Å². The van der Waals surface area contributed by atoms with Crippen LogP contribution in [0.3, 0.4) is 0 Å². The Kier molecular flexibility index (Phi) is 3.99. The molecule has 2 fully saturated rings. The maximum Gasteiger partial charge on any atom is 0.232 e. The summed E-state index contributed by atoms with van der Waals surface area (Å²) in [5.74, 6) is -0.758. The molecule has 1 heterocycles. The molecular formula is C19H23ClN2O3. The lowest BCUT2D eigenvalue weighted by Gasteiger charge is -2.53. The van der Waals surface area contributed by atoms with E-state index >= 15 is 0 Å². The van der Waals surface area contributed by atoms with Gasteiger partial charge >= 0.3 is 0 Å². The average molecular weight is 363 g/mol. The van der Waals surface area contributed by atoms with Crippen molar-refractivity contribution in [2.75, 3.05) is 5.32 Å². The smallest absolute Gasteiger partial charge is 0.232 e. The molecule has 1 aliphatic heterocycles. The molecule has 1 aliphatic carbocycles. The van der Waals surface area contributed by atoms with Gasteiger partial charge in [-0.25, -0.2) is 0 Å². The van der Waals surface area contributed by atoms with Crippen LogP contribution in [-0.4, -0.2) is 17.7 Å². The van der Waals surface area contributed by atoms with E-state index < -0.39 is 16.2 Å². The molecule has 0 spiro atoms. The first kappa shape index (κ1) is 17.9. The third-order valence-electron chi connectivity index (χ3n) is 5.64. The molecule has 2 unspecified atom stereocenters. The molecule has 5 nitrogen and oxygen atoms in total. The Morgan fingerprint density at radius 1 is 1.08 bits per heavy atom. The molecule has 1 saturated heterocycles. The Balaban J connectivity index is 1.90. The van der Waals surface area contributed by atoms with Gasteiger partial charge in [-0.2, -0.15) is 0 Å². The Hall–Kier alpha value is -1.88. The molecule has 2 bridgehead atoms. The fourth-order valence-corrected chi connectivity index (χ4v) is 4.79. The molecule has 1 aromatic carbocycles. The van der Waals surface area contributed by atoms with E-state index in [-0.39, 0.29) is 17.7 Å². The van der Waals surface area contributed by atoms with Crippen LogP contribution < -0.4 is 10.6 Å². The lowest BCUT2D eigenvalue weighted by atomic mass is 9.52. The number of anilines is 1. The molecule has 3 amide bonds. The number of aryl methyl sites for hydroxylation is 1. The van der Waals surface area contributed by atoms with E-state index in [9.17, 15) is 14.4 Å². The SMILES string of the molecule is Cc1ccc(NC(=O)C2(C)CC3(C)CC(C)(C2)C(=O)NC3=O)cc1Cl. The van der Waals surface area contributed by atoms with Gasteiger partial charge in [0.25, 0.3) is 0 Å². The first-order valence-electron chi connectivity index (χ1n) is 8.41. The van der Waals surface area contributed by atoms with E-state index in [1.807, 2.05) is 33.8 Å². The van der Waals surface area contributed by atoms with Gasteiger partial charge in [-0.15, -0.1) is 0 Å². The zero-order valence-electron chi connectivity index (χ0n) is 15.0. The average Bonchev–Trinajstić information content (AvgIpc) is 2.48. The van der Waals surface area contributed by atoms with Gasteiger partial charge < -0.3 is 5.32 Å². The number of fused-ring (bicyclic) bond motifs is 2. The Bertz CT molecular complexity index is 763. The van der Waals surface area contributed by atoms with Crippen molar-refractivity contribution in [3.05, 3.63) is 28.8 Å². The summed E-state index contributed by atoms with van der Waals surface area (Å²) in [5.41, 5.74) is -0.716. The molecule has 2 N–H and O–H groups in total. The number of carbonyl (C=O) groups is 3. The summed E-state index contributed by atoms with van der Waals surface area (Å²) in [5, 5.41) is 5.96. The van der Waals surface area contributed by atoms with Crippen LogP contribution in [0.4, 0.5) is 5.69 Å². The highest BCUT2D eigenvalue weighted by atomic mass is 35.5. The summed E-state index contributed by atoms with van der Waals surface area (Å²) in [6, 6.07) is 5.35. The summed E-state index contributed by atoms with van der Waals surface area (Å²) < 4.78 is 0. The van der Waals surface area contributed by atoms with Gasteiger partial charge in [-0.3, -0.25) is 19.7 Å². The van der Waals surface area contributed by atoms with Crippen LogP contribution in [-0.2, 0) is 14.4 Å². The van der Waals surface area contributed by atoms with Crippen molar-refractivity contribution in [2.24, 2.45) is 16.2 Å². The highest BCUT2D eigenvalue weighted by molar-refractivity contribution is 6.31. The Morgan fingerprint density at radius 3 is 2.16 bits per heavy atom. The first-order chi connectivity index (χ1) is 11.5. The normalized spacial score (nSPS) is 34.4. The summed E-state index contributed by atoms with van der Waals surface area (Å²) in [7, 11) is 0. The second-order valence-electron chi connectivity index (χ2n) is 8.41. The number of carbonyl (C=O) groups excluding carboxylic acids is 3. The van der Waals surface area contributed by atoms with E-state index in [0.717, 1.165) is 5.56 Å². The van der Waals surface area contributed by atoms with E-state index in [0.29, 0.717) is 30.0 Å². The minimum atomic E-state index is -0.813. The van der Waals surface area contributed by atoms with Crippen molar-refractivity contribution < 1.29 is 14.4 Å². The van der Waals surface area contributed by atoms with Crippen LogP contribution in [0.25, 0.3) is 0 Å². The molecule has 134 valence electrons. The fourth-order valence-electron chi connectivity index (χ4n) is 4.61. The number of piperidine rings is 1. The largest absolute Gasteiger partial charge is 0.326 e. The molecule has 25 heavy (non-hydrogen) atoms. The van der Waals surface area contributed by atoms with Crippen LogP contribution in [0.15, 0.2) is 18.2 Å². The lowest BCUT2D eigenvalue weighted by molar-refractivity contribution is -0.163. The van der Waals surface area contributed by atoms with Crippen LogP contribution >= 0.6 is 11.6 Å². The second kappa shape index (κ2) is 5.56. The van der Waals surface area contributed by atoms with Crippen LogP contribution in [0, 0.1) is 23.2 Å². The summed E-state index contributed by atoms with van der Waals surface area (Å²) in [6.07, 6.45) is 1.28. The zero-order chi connectivity index (χ0) is 18.6. The van der Waals surface area contributed by atoms with E-state index in [4.69, 9.17) is 11.6 Å². The number of imide groups is 1. The van der Waals surface area contributed by atoms with Gasteiger partial charge in [-0.05, 0) is 43.9 Å². The zero-order valence-corrected chi connectivity index (χ0v) is 15.7. The molecule has 0 aromatic heterocycles. The van der Waals surface area contributed by atoms with Gasteiger partial charge in [0.15, 0.2) is 0 Å². The number of amides is 3. The maximum atomic E-state index is 13.0. The topological polar surface area (TPSA) is 75.3 Å². The molecule has 6 heteroatoms. The highest BCUT2D eigenvalue weighted by Crippen LogP contribution is 2.56. The third kappa shape index (κ3) is 2.95. The number of hydrogen-bond acceptors (Lipinski definition) is 3. The van der Waals surface area contributed by atoms with Gasteiger partial charge in [0.2, 0.25) is 17.7 Å². The predicted molar refractivity (Wildman–Crippen MR) is 96.1 cm³/mol. The van der Waals surface area contributed by atoms with Gasteiger partial charge in [0.1, 0.15) is 0 Å². The van der Waals surface area contributed by atoms with Crippen molar-refractivity contribution in [2.45, 2.75) is 47.0 Å².